The molecule has 2 aromatic carbocycles. The van der Waals surface area contributed by atoms with Crippen molar-refractivity contribution in [3.8, 4) is 11.5 Å². The average Bonchev–Trinajstić information content (AvgIpc) is 3.07. The first-order chi connectivity index (χ1) is 14.0. The van der Waals surface area contributed by atoms with Gasteiger partial charge in [-0.2, -0.15) is 0 Å². The van der Waals surface area contributed by atoms with Crippen molar-refractivity contribution in [3.05, 3.63) is 60.2 Å². The van der Waals surface area contributed by atoms with E-state index in [4.69, 9.17) is 9.47 Å². The van der Waals surface area contributed by atoms with Crippen LogP contribution in [0.2, 0.25) is 0 Å². The molecule has 1 aromatic heterocycles. The van der Waals surface area contributed by atoms with Gasteiger partial charge in [0.15, 0.2) is 5.16 Å². The molecule has 29 heavy (non-hydrogen) atoms. The number of anilines is 1. The molecule has 0 aliphatic heterocycles. The fraction of sp³-hybridized carbons (Fsp3) is 0.250. The summed E-state index contributed by atoms with van der Waals surface area (Å²) in [5, 5.41) is 11.6. The van der Waals surface area contributed by atoms with Crippen molar-refractivity contribution in [2.75, 3.05) is 24.8 Å². The van der Waals surface area contributed by atoms with Gasteiger partial charge in [0, 0.05) is 18.5 Å². The zero-order valence-corrected chi connectivity index (χ0v) is 16.9. The van der Waals surface area contributed by atoms with Gasteiger partial charge in [0.2, 0.25) is 5.91 Å². The number of halogens is 1. The van der Waals surface area contributed by atoms with Crippen LogP contribution in [-0.4, -0.2) is 40.1 Å². The number of nitrogens with zero attached hydrogens (tertiary/aromatic N) is 3. The van der Waals surface area contributed by atoms with Crippen molar-refractivity contribution in [1.82, 2.24) is 14.8 Å². The standard InChI is InChI=1S/C20H21FN4O3S/c1-25-18(13-19(26)22-15-5-3-14(21)4-6-15)23-24-20(25)29-12-11-28-17-9-7-16(27-2)8-10-17/h3-10H,11-13H2,1-2H3,(H,22,26). The summed E-state index contributed by atoms with van der Waals surface area (Å²) in [5.41, 5.74) is 0.531. The van der Waals surface area contributed by atoms with Crippen LogP contribution in [0.4, 0.5) is 10.1 Å². The zero-order valence-electron chi connectivity index (χ0n) is 16.1. The first kappa shape index (κ1) is 20.7. The Hall–Kier alpha value is -3.07. The molecule has 1 amide bonds. The minimum Gasteiger partial charge on any atom is -0.497 e. The van der Waals surface area contributed by atoms with Gasteiger partial charge in [0.05, 0.1) is 20.1 Å². The minimum atomic E-state index is -0.353. The Labute approximate surface area is 172 Å². The number of aromatic nitrogens is 3. The summed E-state index contributed by atoms with van der Waals surface area (Å²) in [6.45, 7) is 0.504. The molecule has 0 atom stereocenters. The van der Waals surface area contributed by atoms with Crippen molar-refractivity contribution < 1.29 is 18.7 Å². The van der Waals surface area contributed by atoms with Crippen LogP contribution >= 0.6 is 11.8 Å². The molecule has 0 unspecified atom stereocenters. The van der Waals surface area contributed by atoms with Gasteiger partial charge in [-0.3, -0.25) is 4.79 Å². The quantitative estimate of drug-likeness (QED) is 0.426. The summed E-state index contributed by atoms with van der Waals surface area (Å²) in [6, 6.07) is 13.0. The first-order valence-electron chi connectivity index (χ1n) is 8.88. The van der Waals surface area contributed by atoms with Crippen LogP contribution in [0, 0.1) is 5.82 Å². The molecule has 0 aliphatic carbocycles. The van der Waals surface area contributed by atoms with Crippen molar-refractivity contribution in [2.45, 2.75) is 11.6 Å². The highest BCUT2D eigenvalue weighted by atomic mass is 32.2. The third-order valence-electron chi connectivity index (χ3n) is 4.01. The normalized spacial score (nSPS) is 10.6. The Morgan fingerprint density at radius 1 is 1.10 bits per heavy atom. The number of rotatable bonds is 9. The molecule has 7 nitrogen and oxygen atoms in total. The van der Waals surface area contributed by atoms with Gasteiger partial charge in [-0.15, -0.1) is 10.2 Å². The predicted molar refractivity (Wildman–Crippen MR) is 109 cm³/mol. The lowest BCUT2D eigenvalue weighted by atomic mass is 10.3. The number of carbonyl (C=O) groups is 1. The van der Waals surface area contributed by atoms with E-state index < -0.39 is 0 Å². The topological polar surface area (TPSA) is 78.3 Å². The zero-order chi connectivity index (χ0) is 20.6. The van der Waals surface area contributed by atoms with Crippen molar-refractivity contribution in [1.29, 1.82) is 0 Å². The molecule has 1 heterocycles. The third kappa shape index (κ3) is 5.95. The van der Waals surface area contributed by atoms with Gasteiger partial charge in [0.25, 0.3) is 0 Å². The number of carbonyl (C=O) groups excluding carboxylic acids is 1. The van der Waals surface area contributed by atoms with E-state index in [2.05, 4.69) is 15.5 Å². The molecule has 0 spiro atoms. The number of hydrogen-bond donors (Lipinski definition) is 1. The Bertz CT molecular complexity index is 945. The highest BCUT2D eigenvalue weighted by Gasteiger charge is 2.13. The van der Waals surface area contributed by atoms with Gasteiger partial charge in [-0.1, -0.05) is 11.8 Å². The van der Waals surface area contributed by atoms with E-state index >= 15 is 0 Å². The summed E-state index contributed by atoms with van der Waals surface area (Å²) in [7, 11) is 3.43. The Kier molecular flexibility index (Phi) is 7.07. The Morgan fingerprint density at radius 3 is 2.48 bits per heavy atom. The maximum Gasteiger partial charge on any atom is 0.232 e. The molecule has 0 saturated heterocycles. The van der Waals surface area contributed by atoms with Crippen molar-refractivity contribution in [3.63, 3.8) is 0 Å². The molecular formula is C20H21FN4O3S. The Morgan fingerprint density at radius 2 is 1.79 bits per heavy atom. The lowest BCUT2D eigenvalue weighted by Gasteiger charge is -2.07. The summed E-state index contributed by atoms with van der Waals surface area (Å²) < 4.78 is 25.5. The summed E-state index contributed by atoms with van der Waals surface area (Å²) in [6.07, 6.45) is 0.0732. The van der Waals surface area contributed by atoms with Crippen molar-refractivity contribution in [2.24, 2.45) is 7.05 Å². The SMILES string of the molecule is COc1ccc(OCCSc2nnc(CC(=O)Nc3ccc(F)cc3)n2C)cc1. The molecular weight excluding hydrogens is 395 g/mol. The lowest BCUT2D eigenvalue weighted by molar-refractivity contribution is -0.115. The number of amides is 1. The molecule has 0 bridgehead atoms. The monoisotopic (exact) mass is 416 g/mol. The second-order valence-corrected chi connectivity index (χ2v) is 7.12. The van der Waals surface area contributed by atoms with Crippen LogP contribution < -0.4 is 14.8 Å². The van der Waals surface area contributed by atoms with Crippen LogP contribution in [0.1, 0.15) is 5.82 Å². The fourth-order valence-electron chi connectivity index (χ4n) is 2.47. The van der Waals surface area contributed by atoms with Crippen LogP contribution in [0.15, 0.2) is 53.7 Å². The number of ether oxygens (including phenoxy) is 2. The molecule has 1 N–H and O–H groups in total. The molecule has 0 fully saturated rings. The van der Waals surface area contributed by atoms with Gasteiger partial charge in [0.1, 0.15) is 23.1 Å². The van der Waals surface area contributed by atoms with E-state index in [0.29, 0.717) is 29.0 Å². The maximum atomic E-state index is 12.9. The van der Waals surface area contributed by atoms with E-state index in [1.54, 1.807) is 11.7 Å². The van der Waals surface area contributed by atoms with E-state index in [-0.39, 0.29) is 18.1 Å². The van der Waals surface area contributed by atoms with Gasteiger partial charge in [-0.25, -0.2) is 4.39 Å². The van der Waals surface area contributed by atoms with Gasteiger partial charge < -0.3 is 19.4 Å². The van der Waals surface area contributed by atoms with E-state index in [9.17, 15) is 9.18 Å². The smallest absolute Gasteiger partial charge is 0.232 e. The molecule has 0 saturated carbocycles. The van der Waals surface area contributed by atoms with Crippen LogP contribution in [0.3, 0.4) is 0 Å². The summed E-state index contributed by atoms with van der Waals surface area (Å²) in [4.78, 5) is 12.2. The van der Waals surface area contributed by atoms with E-state index in [1.165, 1.54) is 36.0 Å². The largest absolute Gasteiger partial charge is 0.497 e. The lowest BCUT2D eigenvalue weighted by Crippen LogP contribution is -2.17. The highest BCUT2D eigenvalue weighted by Crippen LogP contribution is 2.19. The van der Waals surface area contributed by atoms with Crippen LogP contribution in [0.25, 0.3) is 0 Å². The van der Waals surface area contributed by atoms with Crippen molar-refractivity contribution >= 4 is 23.4 Å². The average molecular weight is 416 g/mol. The van der Waals surface area contributed by atoms with Crippen LogP contribution in [0.5, 0.6) is 11.5 Å². The predicted octanol–water partition coefficient (Wildman–Crippen LogP) is 3.32. The Balaban J connectivity index is 1.45. The summed E-state index contributed by atoms with van der Waals surface area (Å²) >= 11 is 1.49. The number of nitrogens with one attached hydrogen (secondary N) is 1. The molecule has 0 aliphatic rings. The second-order valence-electron chi connectivity index (χ2n) is 6.06. The minimum absolute atomic E-state index is 0.0732. The van der Waals surface area contributed by atoms with E-state index in [0.717, 1.165) is 11.5 Å². The third-order valence-corrected chi connectivity index (χ3v) is 5.00. The molecule has 3 aromatic rings. The molecule has 9 heteroatoms. The number of thioether (sulfide) groups is 1. The fourth-order valence-corrected chi connectivity index (χ4v) is 3.22. The number of benzene rings is 2. The molecule has 3 rings (SSSR count). The highest BCUT2D eigenvalue weighted by molar-refractivity contribution is 7.99. The van der Waals surface area contributed by atoms with Crippen LogP contribution in [-0.2, 0) is 18.3 Å². The maximum absolute atomic E-state index is 12.9. The number of hydrogen-bond acceptors (Lipinski definition) is 6. The van der Waals surface area contributed by atoms with Gasteiger partial charge in [-0.05, 0) is 48.5 Å². The van der Waals surface area contributed by atoms with Gasteiger partial charge >= 0.3 is 0 Å². The molecule has 152 valence electrons. The molecule has 0 radical (unpaired) electrons. The summed E-state index contributed by atoms with van der Waals surface area (Å²) in [5.74, 6) is 2.17. The first-order valence-corrected chi connectivity index (χ1v) is 9.87. The van der Waals surface area contributed by atoms with E-state index in [1.807, 2.05) is 31.3 Å². The second kappa shape index (κ2) is 9.92. The number of methoxy groups -OCH3 is 1.